The van der Waals surface area contributed by atoms with Gasteiger partial charge >= 0.3 is 12.1 Å². The lowest BCUT2D eigenvalue weighted by atomic mass is 9.89. The SMILES string of the molecule is COC(=O)c1ccc(C(=O)CC(S)(c2cc(Cl)c(Cl)c(Cl)c2)C(F)(F)F)cc1C. The van der Waals surface area contributed by atoms with Gasteiger partial charge < -0.3 is 4.74 Å². The second-order valence-electron chi connectivity index (χ2n) is 6.23. The number of rotatable bonds is 5. The molecule has 0 fully saturated rings. The Kier molecular flexibility index (Phi) is 7.21. The van der Waals surface area contributed by atoms with Crippen LogP contribution in [0.25, 0.3) is 0 Å². The van der Waals surface area contributed by atoms with Crippen molar-refractivity contribution in [2.24, 2.45) is 0 Å². The molecule has 2 rings (SSSR count). The van der Waals surface area contributed by atoms with Crippen LogP contribution in [0, 0.1) is 6.92 Å². The fraction of sp³-hybridized carbons (Fsp3) is 0.263. The van der Waals surface area contributed by atoms with Gasteiger partial charge in [0.05, 0.1) is 27.7 Å². The van der Waals surface area contributed by atoms with Gasteiger partial charge in [-0.1, -0.05) is 40.9 Å². The van der Waals surface area contributed by atoms with E-state index in [1.165, 1.54) is 25.3 Å². The Morgan fingerprint density at radius 1 is 1.07 bits per heavy atom. The summed E-state index contributed by atoms with van der Waals surface area (Å²) in [5, 5.41) is -0.486. The molecule has 0 aromatic heterocycles. The molecule has 0 heterocycles. The van der Waals surface area contributed by atoms with Crippen molar-refractivity contribution < 1.29 is 27.5 Å². The van der Waals surface area contributed by atoms with Crippen molar-refractivity contribution in [3.8, 4) is 0 Å². The minimum Gasteiger partial charge on any atom is -0.465 e. The Morgan fingerprint density at radius 2 is 1.62 bits per heavy atom. The zero-order chi connectivity index (χ0) is 22.1. The van der Waals surface area contributed by atoms with E-state index in [4.69, 9.17) is 34.8 Å². The van der Waals surface area contributed by atoms with E-state index in [0.29, 0.717) is 5.56 Å². The minimum absolute atomic E-state index is 0.0102. The number of thiol groups is 1. The van der Waals surface area contributed by atoms with Gasteiger partial charge in [0, 0.05) is 12.0 Å². The number of methoxy groups -OCH3 is 1. The third-order valence-electron chi connectivity index (χ3n) is 4.30. The molecule has 2 aromatic carbocycles. The van der Waals surface area contributed by atoms with E-state index < -0.39 is 34.7 Å². The van der Waals surface area contributed by atoms with Crippen LogP contribution < -0.4 is 0 Å². The second-order valence-corrected chi connectivity index (χ2v) is 8.19. The quantitative estimate of drug-likeness (QED) is 0.222. The van der Waals surface area contributed by atoms with Gasteiger partial charge in [0.2, 0.25) is 0 Å². The molecule has 0 N–H and O–H groups in total. The summed E-state index contributed by atoms with van der Waals surface area (Å²) in [6.07, 6.45) is -5.93. The number of Topliss-reactive ketones (excluding diaryl/α,β-unsaturated/α-hetero) is 1. The smallest absolute Gasteiger partial charge is 0.407 e. The number of alkyl halides is 3. The third-order valence-corrected chi connectivity index (χ3v) is 6.17. The lowest BCUT2D eigenvalue weighted by molar-refractivity contribution is -0.160. The van der Waals surface area contributed by atoms with Crippen molar-refractivity contribution >= 4 is 59.2 Å². The second kappa shape index (κ2) is 8.76. The molecular weight excluding hydrogens is 472 g/mol. The zero-order valence-corrected chi connectivity index (χ0v) is 18.2. The molecule has 156 valence electrons. The number of aryl methyl sites for hydroxylation is 1. The largest absolute Gasteiger partial charge is 0.465 e. The van der Waals surface area contributed by atoms with Crippen LogP contribution in [0.4, 0.5) is 13.2 Å². The summed E-state index contributed by atoms with van der Waals surface area (Å²) in [6.45, 7) is 1.54. The van der Waals surface area contributed by atoms with E-state index in [1.54, 1.807) is 6.92 Å². The Labute approximate surface area is 185 Å². The maximum Gasteiger partial charge on any atom is 0.407 e. The molecule has 0 saturated heterocycles. The molecule has 1 unspecified atom stereocenters. The highest BCUT2D eigenvalue weighted by molar-refractivity contribution is 7.81. The molecule has 1 atom stereocenters. The van der Waals surface area contributed by atoms with Gasteiger partial charge in [-0.25, -0.2) is 4.79 Å². The summed E-state index contributed by atoms with van der Waals surface area (Å²) in [4.78, 5) is 24.3. The summed E-state index contributed by atoms with van der Waals surface area (Å²) in [5.41, 5.74) is 0.165. The van der Waals surface area contributed by atoms with Crippen molar-refractivity contribution in [2.75, 3.05) is 7.11 Å². The summed E-state index contributed by atoms with van der Waals surface area (Å²) < 4.78 is 43.5. The Balaban J connectivity index is 2.47. The van der Waals surface area contributed by atoms with Crippen LogP contribution in [-0.2, 0) is 9.48 Å². The number of halogens is 6. The first-order valence-electron chi connectivity index (χ1n) is 7.98. The number of carbonyl (C=O) groups is 2. The van der Waals surface area contributed by atoms with E-state index in [2.05, 4.69) is 17.4 Å². The first kappa shape index (κ1) is 23.9. The minimum atomic E-state index is -4.91. The maximum atomic E-state index is 13.9. The first-order valence-corrected chi connectivity index (χ1v) is 9.56. The highest BCUT2D eigenvalue weighted by atomic mass is 35.5. The van der Waals surface area contributed by atoms with Gasteiger partial charge in [-0.2, -0.15) is 25.8 Å². The van der Waals surface area contributed by atoms with Crippen molar-refractivity contribution in [3.05, 3.63) is 67.7 Å². The molecule has 0 bridgehead atoms. The normalized spacial score (nSPS) is 13.7. The first-order chi connectivity index (χ1) is 13.3. The predicted octanol–water partition coefficient (Wildman–Crippen LogP) is 6.70. The van der Waals surface area contributed by atoms with Crippen LogP contribution in [0.2, 0.25) is 15.1 Å². The van der Waals surface area contributed by atoms with Crippen LogP contribution in [0.1, 0.15) is 38.3 Å². The number of ether oxygens (including phenoxy) is 1. The fourth-order valence-corrected chi connectivity index (χ4v) is 3.54. The van der Waals surface area contributed by atoms with Gasteiger partial charge in [-0.05, 0) is 42.3 Å². The van der Waals surface area contributed by atoms with Gasteiger partial charge in [0.15, 0.2) is 5.78 Å². The summed E-state index contributed by atoms with van der Waals surface area (Å²) in [6, 6.07) is 5.86. The van der Waals surface area contributed by atoms with Crippen LogP contribution in [0.5, 0.6) is 0 Å². The van der Waals surface area contributed by atoms with E-state index >= 15 is 0 Å². The van der Waals surface area contributed by atoms with E-state index in [9.17, 15) is 22.8 Å². The van der Waals surface area contributed by atoms with Gasteiger partial charge in [-0.15, -0.1) is 0 Å². The lowest BCUT2D eigenvalue weighted by Gasteiger charge is -2.31. The molecule has 29 heavy (non-hydrogen) atoms. The predicted molar refractivity (Wildman–Crippen MR) is 110 cm³/mol. The molecule has 0 saturated carbocycles. The van der Waals surface area contributed by atoms with Crippen molar-refractivity contribution in [1.29, 1.82) is 0 Å². The molecule has 3 nitrogen and oxygen atoms in total. The topological polar surface area (TPSA) is 43.4 Å². The van der Waals surface area contributed by atoms with Crippen LogP contribution in [0.3, 0.4) is 0 Å². The number of hydrogen-bond donors (Lipinski definition) is 1. The molecular formula is C19H14Cl3F3O3S. The molecule has 0 radical (unpaired) electrons. The molecule has 0 spiro atoms. The fourth-order valence-electron chi connectivity index (χ4n) is 2.67. The highest BCUT2D eigenvalue weighted by Gasteiger charge is 2.55. The van der Waals surface area contributed by atoms with Crippen molar-refractivity contribution in [3.63, 3.8) is 0 Å². The summed E-state index contributed by atoms with van der Waals surface area (Å²) >= 11 is 21.4. The van der Waals surface area contributed by atoms with Gasteiger partial charge in [0.1, 0.15) is 4.75 Å². The van der Waals surface area contributed by atoms with Gasteiger partial charge in [-0.3, -0.25) is 4.79 Å². The average Bonchev–Trinajstić information content (AvgIpc) is 2.63. The van der Waals surface area contributed by atoms with E-state index in [1.807, 2.05) is 0 Å². The number of esters is 1. The number of hydrogen-bond acceptors (Lipinski definition) is 4. The highest BCUT2D eigenvalue weighted by Crippen LogP contribution is 2.49. The number of benzene rings is 2. The van der Waals surface area contributed by atoms with E-state index in [-0.39, 0.29) is 26.2 Å². The molecule has 0 aliphatic heterocycles. The molecule has 0 aliphatic carbocycles. The number of ketones is 1. The maximum absolute atomic E-state index is 13.9. The zero-order valence-electron chi connectivity index (χ0n) is 15.0. The Bertz CT molecular complexity index is 956. The molecule has 0 amide bonds. The average molecular weight is 486 g/mol. The standard InChI is InChI=1S/C19H14Cl3F3O3S/c1-9-5-10(3-4-12(9)17(27)28-2)15(26)8-18(29,19(23,24)25)11-6-13(20)16(22)14(21)7-11/h3-7,29H,8H2,1-2H3. The van der Waals surface area contributed by atoms with Crippen molar-refractivity contribution in [2.45, 2.75) is 24.3 Å². The van der Waals surface area contributed by atoms with Gasteiger partial charge in [0.25, 0.3) is 0 Å². The molecule has 2 aromatic rings. The Morgan fingerprint density at radius 3 is 2.07 bits per heavy atom. The third kappa shape index (κ3) is 4.85. The monoisotopic (exact) mass is 484 g/mol. The Hall–Kier alpha value is -1.41. The molecule has 0 aliphatic rings. The van der Waals surface area contributed by atoms with Crippen LogP contribution in [0.15, 0.2) is 30.3 Å². The van der Waals surface area contributed by atoms with E-state index in [0.717, 1.165) is 12.1 Å². The van der Waals surface area contributed by atoms with Crippen molar-refractivity contribution in [1.82, 2.24) is 0 Å². The molecule has 10 heteroatoms. The summed E-state index contributed by atoms with van der Waals surface area (Å²) in [7, 11) is 1.20. The summed E-state index contributed by atoms with van der Waals surface area (Å²) in [5.74, 6) is -1.45. The van der Waals surface area contributed by atoms with Crippen LogP contribution in [-0.4, -0.2) is 25.0 Å². The van der Waals surface area contributed by atoms with Crippen LogP contribution >= 0.6 is 47.4 Å². The lowest BCUT2D eigenvalue weighted by Crippen LogP contribution is -2.39. The number of carbonyl (C=O) groups excluding carboxylic acids is 2.